The third-order valence-corrected chi connectivity index (χ3v) is 6.69. The first-order chi connectivity index (χ1) is 15.1. The zero-order chi connectivity index (χ0) is 21.4. The van der Waals surface area contributed by atoms with Crippen molar-refractivity contribution in [1.82, 2.24) is 20.2 Å². The van der Waals surface area contributed by atoms with Gasteiger partial charge in [-0.25, -0.2) is 4.98 Å². The van der Waals surface area contributed by atoms with Crippen molar-refractivity contribution in [2.75, 3.05) is 37.9 Å². The van der Waals surface area contributed by atoms with Crippen LogP contribution in [0.15, 0.2) is 30.6 Å². The number of fused-ring (bicyclic) bond motifs is 1. The van der Waals surface area contributed by atoms with E-state index in [-0.39, 0.29) is 12.0 Å². The van der Waals surface area contributed by atoms with E-state index in [9.17, 15) is 5.11 Å². The van der Waals surface area contributed by atoms with Crippen LogP contribution in [0.3, 0.4) is 0 Å². The molecule has 8 heteroatoms. The van der Waals surface area contributed by atoms with Crippen LogP contribution >= 0.6 is 0 Å². The summed E-state index contributed by atoms with van der Waals surface area (Å²) >= 11 is 0. The topological polar surface area (TPSA) is 96.4 Å². The van der Waals surface area contributed by atoms with Crippen LogP contribution in [0.2, 0.25) is 0 Å². The molecular formula is C23H29N5O3. The molecule has 2 aliphatic heterocycles. The molecule has 3 aromatic rings. The molecule has 2 fully saturated rings. The number of aromatic nitrogens is 4. The molecule has 5 heterocycles. The molecule has 3 aromatic heterocycles. The van der Waals surface area contributed by atoms with Crippen LogP contribution in [-0.4, -0.2) is 64.3 Å². The average Bonchev–Trinajstić information content (AvgIpc) is 3.33. The summed E-state index contributed by atoms with van der Waals surface area (Å²) < 4.78 is 11.2. The van der Waals surface area contributed by atoms with Gasteiger partial charge in [0.1, 0.15) is 17.0 Å². The van der Waals surface area contributed by atoms with Gasteiger partial charge in [0.05, 0.1) is 30.6 Å². The number of nitrogens with zero attached hydrogens (tertiary/aromatic N) is 4. The Labute approximate surface area is 181 Å². The van der Waals surface area contributed by atoms with Crippen molar-refractivity contribution >= 4 is 16.7 Å². The van der Waals surface area contributed by atoms with Crippen LogP contribution in [0.5, 0.6) is 0 Å². The molecule has 1 unspecified atom stereocenters. The molecular weight excluding hydrogens is 394 g/mol. The van der Waals surface area contributed by atoms with E-state index in [2.05, 4.69) is 33.1 Å². The Morgan fingerprint density at radius 3 is 2.74 bits per heavy atom. The number of ether oxygens (including phenoxy) is 2. The quantitative estimate of drug-likeness (QED) is 0.666. The first-order valence-electron chi connectivity index (χ1n) is 11.0. The highest BCUT2D eigenvalue weighted by molar-refractivity contribution is 5.94. The standard InChI is InChI=1S/C23H29N5O3/c1-15-14-31-12-9-28(15)20-13-18(23(2,29)16-5-10-30-11-6-16)17-3-7-24-22(21(17)26-20)19-4-8-25-27-19/h3-4,7-8,13,15-16,29H,5-6,9-12,14H2,1-2H3,(H,25,27)/t15-,23?/m1/s1. The molecule has 0 saturated carbocycles. The van der Waals surface area contributed by atoms with Crippen molar-refractivity contribution < 1.29 is 14.6 Å². The molecule has 2 N–H and O–H groups in total. The normalized spacial score (nSPS) is 22.5. The van der Waals surface area contributed by atoms with Gasteiger partial charge in [0, 0.05) is 37.5 Å². The Bertz CT molecular complexity index is 1050. The number of morpholine rings is 1. The van der Waals surface area contributed by atoms with E-state index < -0.39 is 5.60 Å². The summed E-state index contributed by atoms with van der Waals surface area (Å²) in [5.41, 5.74) is 2.19. The van der Waals surface area contributed by atoms with Gasteiger partial charge in [0.2, 0.25) is 0 Å². The fraction of sp³-hybridized carbons (Fsp3) is 0.522. The van der Waals surface area contributed by atoms with Gasteiger partial charge in [-0.05, 0) is 56.4 Å². The summed E-state index contributed by atoms with van der Waals surface area (Å²) in [6, 6.07) is 6.12. The van der Waals surface area contributed by atoms with E-state index >= 15 is 0 Å². The minimum absolute atomic E-state index is 0.116. The van der Waals surface area contributed by atoms with Crippen molar-refractivity contribution in [2.45, 2.75) is 38.3 Å². The molecule has 5 rings (SSSR count). The summed E-state index contributed by atoms with van der Waals surface area (Å²) in [4.78, 5) is 11.9. The smallest absolute Gasteiger partial charge is 0.130 e. The maximum absolute atomic E-state index is 11.9. The van der Waals surface area contributed by atoms with Crippen molar-refractivity contribution in [3.63, 3.8) is 0 Å². The van der Waals surface area contributed by atoms with E-state index in [0.717, 1.165) is 53.1 Å². The summed E-state index contributed by atoms with van der Waals surface area (Å²) in [5, 5.41) is 19.9. The molecule has 2 aliphatic rings. The van der Waals surface area contributed by atoms with Crippen LogP contribution < -0.4 is 4.90 Å². The second-order valence-corrected chi connectivity index (χ2v) is 8.71. The first kappa shape index (κ1) is 20.4. The van der Waals surface area contributed by atoms with E-state index in [1.54, 1.807) is 12.4 Å². The zero-order valence-corrected chi connectivity index (χ0v) is 18.0. The fourth-order valence-electron chi connectivity index (χ4n) is 4.84. The molecule has 2 saturated heterocycles. The maximum Gasteiger partial charge on any atom is 0.130 e. The second kappa shape index (κ2) is 8.18. The zero-order valence-electron chi connectivity index (χ0n) is 18.0. The fourth-order valence-corrected chi connectivity index (χ4v) is 4.84. The highest BCUT2D eigenvalue weighted by atomic mass is 16.5. The minimum Gasteiger partial charge on any atom is -0.385 e. The molecule has 0 radical (unpaired) electrons. The number of anilines is 1. The van der Waals surface area contributed by atoms with Gasteiger partial charge in [-0.2, -0.15) is 5.10 Å². The van der Waals surface area contributed by atoms with Gasteiger partial charge in [0.15, 0.2) is 0 Å². The molecule has 0 aromatic carbocycles. The van der Waals surface area contributed by atoms with Gasteiger partial charge >= 0.3 is 0 Å². The van der Waals surface area contributed by atoms with Crippen molar-refractivity contribution in [3.8, 4) is 11.4 Å². The van der Waals surface area contributed by atoms with Crippen molar-refractivity contribution in [1.29, 1.82) is 0 Å². The van der Waals surface area contributed by atoms with Gasteiger partial charge in [0.25, 0.3) is 0 Å². The van der Waals surface area contributed by atoms with Gasteiger partial charge in [-0.1, -0.05) is 0 Å². The van der Waals surface area contributed by atoms with Crippen LogP contribution in [0.25, 0.3) is 22.3 Å². The predicted molar refractivity (Wildman–Crippen MR) is 118 cm³/mol. The minimum atomic E-state index is -1.01. The Balaban J connectivity index is 1.72. The number of hydrogen-bond acceptors (Lipinski definition) is 7. The number of aromatic amines is 1. The maximum atomic E-state index is 11.9. The Kier molecular flexibility index (Phi) is 5.37. The molecule has 164 valence electrons. The Morgan fingerprint density at radius 2 is 2.00 bits per heavy atom. The molecule has 0 spiro atoms. The first-order valence-corrected chi connectivity index (χ1v) is 11.0. The van der Waals surface area contributed by atoms with Crippen molar-refractivity contribution in [3.05, 3.63) is 36.2 Å². The number of hydrogen-bond donors (Lipinski definition) is 2. The lowest BCUT2D eigenvalue weighted by molar-refractivity contribution is -0.0570. The van der Waals surface area contributed by atoms with Crippen LogP contribution in [0.4, 0.5) is 5.82 Å². The van der Waals surface area contributed by atoms with Crippen molar-refractivity contribution in [2.24, 2.45) is 5.92 Å². The highest BCUT2D eigenvalue weighted by Gasteiger charge is 2.37. The summed E-state index contributed by atoms with van der Waals surface area (Å²) in [6.07, 6.45) is 5.15. The number of aliphatic hydroxyl groups is 1. The largest absolute Gasteiger partial charge is 0.385 e. The van der Waals surface area contributed by atoms with Crippen LogP contribution in [-0.2, 0) is 15.1 Å². The Hall–Kier alpha value is -2.55. The van der Waals surface area contributed by atoms with E-state index in [0.29, 0.717) is 26.4 Å². The van der Waals surface area contributed by atoms with Crippen LogP contribution in [0.1, 0.15) is 32.3 Å². The number of rotatable bonds is 4. The summed E-state index contributed by atoms with van der Waals surface area (Å²) in [6.45, 7) is 7.51. The number of pyridine rings is 2. The van der Waals surface area contributed by atoms with E-state index in [1.807, 2.05) is 19.1 Å². The molecule has 0 aliphatic carbocycles. The monoisotopic (exact) mass is 423 g/mol. The lowest BCUT2D eigenvalue weighted by atomic mass is 9.77. The van der Waals surface area contributed by atoms with E-state index in [4.69, 9.17) is 14.5 Å². The second-order valence-electron chi connectivity index (χ2n) is 8.71. The summed E-state index contributed by atoms with van der Waals surface area (Å²) in [7, 11) is 0. The van der Waals surface area contributed by atoms with Crippen LogP contribution in [0, 0.1) is 5.92 Å². The van der Waals surface area contributed by atoms with E-state index in [1.165, 1.54) is 0 Å². The van der Waals surface area contributed by atoms with Gasteiger partial charge in [-0.3, -0.25) is 10.1 Å². The lowest BCUT2D eigenvalue weighted by Crippen LogP contribution is -2.44. The molecule has 8 nitrogen and oxygen atoms in total. The molecule has 0 amide bonds. The molecule has 2 atom stereocenters. The average molecular weight is 424 g/mol. The Morgan fingerprint density at radius 1 is 1.16 bits per heavy atom. The number of nitrogens with one attached hydrogen (secondary N) is 1. The summed E-state index contributed by atoms with van der Waals surface area (Å²) in [5.74, 6) is 0.963. The third kappa shape index (κ3) is 3.69. The van der Waals surface area contributed by atoms with Gasteiger partial charge in [-0.15, -0.1) is 0 Å². The molecule has 31 heavy (non-hydrogen) atoms. The lowest BCUT2D eigenvalue weighted by Gasteiger charge is -2.38. The highest BCUT2D eigenvalue weighted by Crippen LogP contribution is 2.41. The third-order valence-electron chi connectivity index (χ3n) is 6.69. The predicted octanol–water partition coefficient (Wildman–Crippen LogP) is 2.88. The number of H-pyrrole nitrogens is 1. The molecule has 0 bridgehead atoms. The SMILES string of the molecule is C[C@@H]1COCCN1c1cc(C(C)(O)C2CCOCC2)c2ccnc(-c3ccn[nH]3)c2n1. The van der Waals surface area contributed by atoms with Gasteiger partial charge < -0.3 is 19.5 Å².